The molecule has 5 nitrogen and oxygen atoms in total. The molecule has 0 spiro atoms. The number of fused-ring (bicyclic) bond motifs is 3. The Kier molecular flexibility index (Phi) is 5.25. The van der Waals surface area contributed by atoms with Gasteiger partial charge in [0.05, 0.1) is 22.6 Å². The molecule has 1 aliphatic heterocycles. The number of nitrogens with one attached hydrogen (secondary N) is 2. The van der Waals surface area contributed by atoms with Crippen LogP contribution in [0.15, 0.2) is 84.1 Å². The zero-order chi connectivity index (χ0) is 23.1. The summed E-state index contributed by atoms with van der Waals surface area (Å²) in [5.74, 6) is 1.07. The minimum Gasteiger partial charge on any atom is -0.329 e. The summed E-state index contributed by atoms with van der Waals surface area (Å²) in [6, 6.07) is 24.2. The molecule has 1 unspecified atom stereocenters. The summed E-state index contributed by atoms with van der Waals surface area (Å²) in [5, 5.41) is 6.47. The highest BCUT2D eigenvalue weighted by Gasteiger charge is 2.34. The number of hydrogen-bond acceptors (Lipinski definition) is 3. The smallest absolute Gasteiger partial charge is 0.255 e. The van der Waals surface area contributed by atoms with E-state index in [0.29, 0.717) is 11.5 Å². The first-order chi connectivity index (χ1) is 15.9. The number of hydrogen-bond donors (Lipinski definition) is 2. The molecule has 0 radical (unpaired) electrons. The third kappa shape index (κ3) is 3.80. The van der Waals surface area contributed by atoms with Crippen LogP contribution in [0.1, 0.15) is 49.4 Å². The highest BCUT2D eigenvalue weighted by atomic mass is 16.1. The Morgan fingerprint density at radius 2 is 1.67 bits per heavy atom. The number of benzene rings is 3. The van der Waals surface area contributed by atoms with E-state index in [0.717, 1.165) is 39.5 Å². The molecule has 1 aromatic heterocycles. The summed E-state index contributed by atoms with van der Waals surface area (Å²) in [6.45, 7) is 8.35. The van der Waals surface area contributed by atoms with Gasteiger partial charge in [0, 0.05) is 11.4 Å². The molecule has 1 amide bonds. The molecular formula is C28H28N4O. The SMILES string of the molecule is CC1=C(C(=O)Nc2ccc(C)cc2)C(c2ccc(C(C)C)cc2)n2c(nc3ccccc32)N1. The molecule has 1 aliphatic rings. The second kappa shape index (κ2) is 8.24. The summed E-state index contributed by atoms with van der Waals surface area (Å²) in [4.78, 5) is 18.4. The average molecular weight is 437 g/mol. The Labute approximate surface area is 194 Å². The third-order valence-electron chi connectivity index (χ3n) is 6.30. The number of nitrogens with zero attached hydrogens (tertiary/aromatic N) is 2. The maximum absolute atomic E-state index is 13.6. The Morgan fingerprint density at radius 1 is 0.970 bits per heavy atom. The normalized spacial score (nSPS) is 15.5. The monoisotopic (exact) mass is 436 g/mol. The lowest BCUT2D eigenvalue weighted by Crippen LogP contribution is -2.30. The fourth-order valence-corrected chi connectivity index (χ4v) is 4.47. The van der Waals surface area contributed by atoms with Gasteiger partial charge in [0.1, 0.15) is 0 Å². The van der Waals surface area contributed by atoms with Crippen molar-refractivity contribution in [1.29, 1.82) is 0 Å². The van der Waals surface area contributed by atoms with Gasteiger partial charge in [-0.15, -0.1) is 0 Å². The van der Waals surface area contributed by atoms with Gasteiger partial charge in [-0.1, -0.05) is 67.9 Å². The van der Waals surface area contributed by atoms with Crippen molar-refractivity contribution < 1.29 is 4.79 Å². The van der Waals surface area contributed by atoms with E-state index in [1.54, 1.807) is 0 Å². The number of para-hydroxylation sites is 2. The first kappa shape index (κ1) is 21.0. The van der Waals surface area contributed by atoms with Crippen LogP contribution in [0.25, 0.3) is 11.0 Å². The third-order valence-corrected chi connectivity index (χ3v) is 6.30. The Morgan fingerprint density at radius 3 is 2.36 bits per heavy atom. The van der Waals surface area contributed by atoms with Gasteiger partial charge in [-0.3, -0.25) is 9.36 Å². The molecule has 0 aliphatic carbocycles. The fourth-order valence-electron chi connectivity index (χ4n) is 4.47. The molecule has 166 valence electrons. The molecule has 4 aromatic rings. The average Bonchev–Trinajstić information content (AvgIpc) is 3.17. The molecule has 0 fully saturated rings. The molecular weight excluding hydrogens is 408 g/mol. The Balaban J connectivity index is 1.64. The van der Waals surface area contributed by atoms with Crippen molar-refractivity contribution in [2.45, 2.75) is 39.7 Å². The van der Waals surface area contributed by atoms with Crippen LogP contribution in [0.2, 0.25) is 0 Å². The number of allylic oxidation sites excluding steroid dienone is 1. The number of aryl methyl sites for hydroxylation is 1. The first-order valence-electron chi connectivity index (χ1n) is 11.3. The molecule has 2 N–H and O–H groups in total. The Hall–Kier alpha value is -3.86. The van der Waals surface area contributed by atoms with Gasteiger partial charge < -0.3 is 10.6 Å². The maximum atomic E-state index is 13.6. The van der Waals surface area contributed by atoms with Crippen LogP contribution in [-0.4, -0.2) is 15.5 Å². The van der Waals surface area contributed by atoms with Crippen LogP contribution in [-0.2, 0) is 4.79 Å². The minimum absolute atomic E-state index is 0.120. The van der Waals surface area contributed by atoms with Crippen molar-refractivity contribution in [2.24, 2.45) is 0 Å². The molecule has 2 heterocycles. The molecule has 1 atom stereocenters. The highest BCUT2D eigenvalue weighted by molar-refractivity contribution is 6.06. The topological polar surface area (TPSA) is 59.0 Å². The standard InChI is InChI=1S/C28H28N4O/c1-17(2)20-11-13-21(14-12-20)26-25(27(33)30-22-15-9-18(3)10-16-22)19(4)29-28-31-23-7-5-6-8-24(23)32(26)28/h5-17,26H,1-4H3,(H,29,31)(H,30,33). The van der Waals surface area contributed by atoms with E-state index in [4.69, 9.17) is 4.98 Å². The number of rotatable bonds is 4. The lowest BCUT2D eigenvalue weighted by atomic mass is 9.92. The van der Waals surface area contributed by atoms with Crippen molar-refractivity contribution in [3.8, 4) is 0 Å². The second-order valence-electron chi connectivity index (χ2n) is 9.00. The molecule has 0 bridgehead atoms. The van der Waals surface area contributed by atoms with Gasteiger partial charge in [-0.25, -0.2) is 4.98 Å². The van der Waals surface area contributed by atoms with Gasteiger partial charge in [0.2, 0.25) is 5.95 Å². The molecule has 5 heteroatoms. The zero-order valence-electron chi connectivity index (χ0n) is 19.4. The number of anilines is 2. The van der Waals surface area contributed by atoms with E-state index in [1.807, 2.05) is 56.3 Å². The van der Waals surface area contributed by atoms with Crippen molar-refractivity contribution in [1.82, 2.24) is 9.55 Å². The minimum atomic E-state index is -0.291. The van der Waals surface area contributed by atoms with Crippen LogP contribution < -0.4 is 10.6 Å². The molecule has 0 saturated heterocycles. The predicted molar refractivity (Wildman–Crippen MR) is 135 cm³/mol. The van der Waals surface area contributed by atoms with E-state index in [9.17, 15) is 4.79 Å². The van der Waals surface area contributed by atoms with Gasteiger partial charge in [0.25, 0.3) is 5.91 Å². The fraction of sp³-hybridized carbons (Fsp3) is 0.214. The Bertz CT molecular complexity index is 1360. The number of carbonyl (C=O) groups is 1. The van der Waals surface area contributed by atoms with Crippen molar-refractivity contribution in [3.05, 3.63) is 101 Å². The quantitative estimate of drug-likeness (QED) is 0.389. The molecule has 5 rings (SSSR count). The largest absolute Gasteiger partial charge is 0.329 e. The van der Waals surface area contributed by atoms with Crippen molar-refractivity contribution >= 4 is 28.6 Å². The number of imidazole rings is 1. The van der Waals surface area contributed by atoms with Crippen molar-refractivity contribution in [3.63, 3.8) is 0 Å². The summed E-state index contributed by atoms with van der Waals surface area (Å²) >= 11 is 0. The van der Waals surface area contributed by atoms with Crippen LogP contribution in [0.3, 0.4) is 0 Å². The number of aromatic nitrogens is 2. The van der Waals surface area contributed by atoms with Crippen molar-refractivity contribution in [2.75, 3.05) is 10.6 Å². The summed E-state index contributed by atoms with van der Waals surface area (Å²) in [6.07, 6.45) is 0. The van der Waals surface area contributed by atoms with E-state index in [-0.39, 0.29) is 11.9 Å². The predicted octanol–water partition coefficient (Wildman–Crippen LogP) is 6.40. The molecule has 33 heavy (non-hydrogen) atoms. The zero-order valence-corrected chi connectivity index (χ0v) is 19.4. The lowest BCUT2D eigenvalue weighted by molar-refractivity contribution is -0.113. The molecule has 0 saturated carbocycles. The number of carbonyl (C=O) groups excluding carboxylic acids is 1. The summed E-state index contributed by atoms with van der Waals surface area (Å²) < 4.78 is 2.14. The van der Waals surface area contributed by atoms with Crippen LogP contribution >= 0.6 is 0 Å². The van der Waals surface area contributed by atoms with Gasteiger partial charge >= 0.3 is 0 Å². The van der Waals surface area contributed by atoms with E-state index in [2.05, 4.69) is 59.4 Å². The van der Waals surface area contributed by atoms with Crippen LogP contribution in [0.5, 0.6) is 0 Å². The van der Waals surface area contributed by atoms with E-state index < -0.39 is 0 Å². The van der Waals surface area contributed by atoms with Gasteiger partial charge in [-0.05, 0) is 55.2 Å². The van der Waals surface area contributed by atoms with Gasteiger partial charge in [-0.2, -0.15) is 0 Å². The van der Waals surface area contributed by atoms with E-state index >= 15 is 0 Å². The summed E-state index contributed by atoms with van der Waals surface area (Å²) in [5.41, 5.74) is 7.64. The van der Waals surface area contributed by atoms with E-state index in [1.165, 1.54) is 5.56 Å². The first-order valence-corrected chi connectivity index (χ1v) is 11.3. The summed E-state index contributed by atoms with van der Waals surface area (Å²) in [7, 11) is 0. The lowest BCUT2D eigenvalue weighted by Gasteiger charge is -2.31. The van der Waals surface area contributed by atoms with Gasteiger partial charge in [0.15, 0.2) is 0 Å². The van der Waals surface area contributed by atoms with Crippen LogP contribution in [0.4, 0.5) is 11.6 Å². The van der Waals surface area contributed by atoms with Crippen LogP contribution in [0, 0.1) is 6.92 Å². The second-order valence-corrected chi connectivity index (χ2v) is 9.00. The number of amides is 1. The maximum Gasteiger partial charge on any atom is 0.255 e. The highest BCUT2D eigenvalue weighted by Crippen LogP contribution is 2.39. The molecule has 3 aromatic carbocycles.